The van der Waals surface area contributed by atoms with Crippen LogP contribution in [0.2, 0.25) is 0 Å². The van der Waals surface area contributed by atoms with Gasteiger partial charge in [0.25, 0.3) is 0 Å². The predicted octanol–water partition coefficient (Wildman–Crippen LogP) is 3.53. The second-order valence-electron chi connectivity index (χ2n) is 6.49. The average molecular weight is 368 g/mol. The predicted molar refractivity (Wildman–Crippen MR) is 114 cm³/mol. The van der Waals surface area contributed by atoms with Crippen LogP contribution in [-0.4, -0.2) is 42.0 Å². The summed E-state index contributed by atoms with van der Waals surface area (Å²) < 4.78 is 0. The minimum absolute atomic E-state index is 0.308. The van der Waals surface area contributed by atoms with Crippen LogP contribution < -0.4 is 10.6 Å². The Hall–Kier alpha value is -2.40. The van der Waals surface area contributed by atoms with Gasteiger partial charge in [-0.25, -0.2) is 4.99 Å². The van der Waals surface area contributed by atoms with Crippen LogP contribution in [0, 0.1) is 6.92 Å². The Balaban J connectivity index is 2.09. The van der Waals surface area contributed by atoms with E-state index in [1.807, 2.05) is 25.1 Å². The third-order valence-corrected chi connectivity index (χ3v) is 4.59. The molecule has 0 saturated carbocycles. The van der Waals surface area contributed by atoms with Crippen molar-refractivity contribution in [2.45, 2.75) is 40.3 Å². The second kappa shape index (κ2) is 11.3. The molecule has 0 fully saturated rings. The van der Waals surface area contributed by atoms with Gasteiger partial charge in [-0.2, -0.15) is 0 Å². The van der Waals surface area contributed by atoms with Gasteiger partial charge in [0.2, 0.25) is 0 Å². The molecule has 2 aromatic rings. The number of guanidine groups is 1. The summed E-state index contributed by atoms with van der Waals surface area (Å²) in [6, 6.07) is 17.0. The molecule has 1 heterocycles. The summed E-state index contributed by atoms with van der Waals surface area (Å²) in [6.07, 6.45) is 0. The first-order valence-electron chi connectivity index (χ1n) is 9.91. The number of hydrogen-bond acceptors (Lipinski definition) is 3. The van der Waals surface area contributed by atoms with Crippen molar-refractivity contribution in [1.29, 1.82) is 0 Å². The highest BCUT2D eigenvalue weighted by Crippen LogP contribution is 2.19. The Morgan fingerprint density at radius 3 is 2.37 bits per heavy atom. The zero-order chi connectivity index (χ0) is 19.5. The molecule has 0 spiro atoms. The fourth-order valence-corrected chi connectivity index (χ4v) is 3.18. The molecule has 0 aliphatic carbocycles. The van der Waals surface area contributed by atoms with E-state index in [2.05, 4.69) is 71.6 Å². The highest BCUT2D eigenvalue weighted by atomic mass is 15.2. The van der Waals surface area contributed by atoms with E-state index < -0.39 is 0 Å². The van der Waals surface area contributed by atoms with Crippen molar-refractivity contribution in [3.63, 3.8) is 0 Å². The summed E-state index contributed by atoms with van der Waals surface area (Å²) in [5, 5.41) is 6.86. The number of aryl methyl sites for hydroxylation is 1. The average Bonchev–Trinajstić information content (AvgIpc) is 2.70. The van der Waals surface area contributed by atoms with Crippen molar-refractivity contribution in [3.8, 4) is 0 Å². The number of hydrogen-bond donors (Lipinski definition) is 2. The van der Waals surface area contributed by atoms with Crippen molar-refractivity contribution in [3.05, 3.63) is 65.5 Å². The molecule has 5 heteroatoms. The van der Waals surface area contributed by atoms with Gasteiger partial charge in [0.05, 0.1) is 18.3 Å². The van der Waals surface area contributed by atoms with Gasteiger partial charge in [-0.3, -0.25) is 9.88 Å². The zero-order valence-electron chi connectivity index (χ0n) is 17.1. The molecule has 0 aliphatic heterocycles. The van der Waals surface area contributed by atoms with Crippen molar-refractivity contribution in [1.82, 2.24) is 20.5 Å². The van der Waals surface area contributed by atoms with E-state index in [1.54, 1.807) is 0 Å². The maximum absolute atomic E-state index is 4.71. The molecular weight excluding hydrogens is 334 g/mol. The van der Waals surface area contributed by atoms with Crippen LogP contribution in [0.4, 0.5) is 0 Å². The molecular formula is C22H33N5. The molecule has 0 bridgehead atoms. The molecule has 0 radical (unpaired) electrons. The molecule has 0 aliphatic rings. The molecule has 0 amide bonds. The number of pyridine rings is 1. The summed E-state index contributed by atoms with van der Waals surface area (Å²) in [6.45, 7) is 12.7. The first kappa shape index (κ1) is 20.9. The summed E-state index contributed by atoms with van der Waals surface area (Å²) in [7, 11) is 0. The third kappa shape index (κ3) is 6.68. The number of rotatable bonds is 9. The first-order chi connectivity index (χ1) is 13.2. The van der Waals surface area contributed by atoms with Gasteiger partial charge in [-0.1, -0.05) is 50.2 Å². The van der Waals surface area contributed by atoms with Gasteiger partial charge < -0.3 is 10.6 Å². The van der Waals surface area contributed by atoms with E-state index in [0.29, 0.717) is 12.6 Å². The van der Waals surface area contributed by atoms with E-state index in [4.69, 9.17) is 4.99 Å². The standard InChI is InChI=1S/C22H33N5/c1-5-23-22(24-16-20-15-11-12-18(4)26-20)25-17-21(27(6-2)7-3)19-13-9-8-10-14-19/h8-15,21H,5-7,16-17H2,1-4H3,(H2,23,24,25). The van der Waals surface area contributed by atoms with Gasteiger partial charge in [0.1, 0.15) is 0 Å². The van der Waals surface area contributed by atoms with Crippen LogP contribution >= 0.6 is 0 Å². The topological polar surface area (TPSA) is 52.6 Å². The summed E-state index contributed by atoms with van der Waals surface area (Å²) in [5.74, 6) is 0.828. The van der Waals surface area contributed by atoms with Crippen molar-refractivity contribution in [2.75, 3.05) is 26.2 Å². The largest absolute Gasteiger partial charge is 0.357 e. The smallest absolute Gasteiger partial charge is 0.191 e. The number of aromatic nitrogens is 1. The Morgan fingerprint density at radius 1 is 1.00 bits per heavy atom. The fraction of sp³-hybridized carbons (Fsp3) is 0.455. The van der Waals surface area contributed by atoms with Crippen LogP contribution in [0.25, 0.3) is 0 Å². The molecule has 2 rings (SSSR count). The molecule has 0 saturated heterocycles. The van der Waals surface area contributed by atoms with Gasteiger partial charge >= 0.3 is 0 Å². The lowest BCUT2D eigenvalue weighted by molar-refractivity contribution is 0.219. The van der Waals surface area contributed by atoms with E-state index >= 15 is 0 Å². The highest BCUT2D eigenvalue weighted by Gasteiger charge is 2.18. The highest BCUT2D eigenvalue weighted by molar-refractivity contribution is 5.79. The van der Waals surface area contributed by atoms with Crippen molar-refractivity contribution in [2.24, 2.45) is 4.99 Å². The number of likely N-dealkylation sites (N-methyl/N-ethyl adjacent to an activating group) is 1. The quantitative estimate of drug-likeness (QED) is 0.526. The molecule has 5 nitrogen and oxygen atoms in total. The summed E-state index contributed by atoms with van der Waals surface area (Å²) in [5.41, 5.74) is 3.33. The first-order valence-corrected chi connectivity index (χ1v) is 9.91. The Morgan fingerprint density at radius 2 is 1.74 bits per heavy atom. The Bertz CT molecular complexity index is 695. The van der Waals surface area contributed by atoms with Crippen LogP contribution in [-0.2, 0) is 6.54 Å². The van der Waals surface area contributed by atoms with Crippen LogP contribution in [0.15, 0.2) is 53.5 Å². The normalized spacial score (nSPS) is 12.9. The van der Waals surface area contributed by atoms with Gasteiger partial charge in [0, 0.05) is 18.8 Å². The van der Waals surface area contributed by atoms with Crippen molar-refractivity contribution >= 4 is 5.96 Å². The molecule has 146 valence electrons. The minimum Gasteiger partial charge on any atom is -0.357 e. The Labute approximate surface area is 163 Å². The second-order valence-corrected chi connectivity index (χ2v) is 6.49. The zero-order valence-corrected chi connectivity index (χ0v) is 17.1. The number of aliphatic imine (C=N–C) groups is 1. The number of benzene rings is 1. The third-order valence-electron chi connectivity index (χ3n) is 4.59. The number of nitrogens with one attached hydrogen (secondary N) is 2. The SMILES string of the molecule is CCNC(=NCc1cccc(C)n1)NCC(c1ccccc1)N(CC)CC. The van der Waals surface area contributed by atoms with Crippen LogP contribution in [0.1, 0.15) is 43.8 Å². The van der Waals surface area contributed by atoms with Crippen molar-refractivity contribution < 1.29 is 0 Å². The molecule has 2 N–H and O–H groups in total. The molecule has 27 heavy (non-hydrogen) atoms. The lowest BCUT2D eigenvalue weighted by Crippen LogP contribution is -2.43. The Kier molecular flexibility index (Phi) is 8.78. The molecule has 1 aromatic carbocycles. The lowest BCUT2D eigenvalue weighted by Gasteiger charge is -2.30. The molecule has 1 aromatic heterocycles. The fourth-order valence-electron chi connectivity index (χ4n) is 3.18. The number of nitrogens with zero attached hydrogens (tertiary/aromatic N) is 3. The van der Waals surface area contributed by atoms with E-state index in [-0.39, 0.29) is 0 Å². The summed E-state index contributed by atoms with van der Waals surface area (Å²) in [4.78, 5) is 11.7. The van der Waals surface area contributed by atoms with Gasteiger partial charge in [0.15, 0.2) is 5.96 Å². The van der Waals surface area contributed by atoms with E-state index in [9.17, 15) is 0 Å². The minimum atomic E-state index is 0.308. The van der Waals surface area contributed by atoms with Crippen LogP contribution in [0.5, 0.6) is 0 Å². The molecule has 1 unspecified atom stereocenters. The van der Waals surface area contributed by atoms with Gasteiger partial charge in [-0.05, 0) is 44.6 Å². The van der Waals surface area contributed by atoms with E-state index in [1.165, 1.54) is 5.56 Å². The van der Waals surface area contributed by atoms with Gasteiger partial charge in [-0.15, -0.1) is 0 Å². The van der Waals surface area contributed by atoms with E-state index in [0.717, 1.165) is 43.5 Å². The summed E-state index contributed by atoms with van der Waals surface area (Å²) >= 11 is 0. The maximum Gasteiger partial charge on any atom is 0.191 e. The molecule has 1 atom stereocenters. The maximum atomic E-state index is 4.71. The monoisotopic (exact) mass is 367 g/mol. The van der Waals surface area contributed by atoms with Crippen LogP contribution in [0.3, 0.4) is 0 Å². The lowest BCUT2D eigenvalue weighted by atomic mass is 10.1.